The van der Waals surface area contributed by atoms with E-state index in [9.17, 15) is 4.39 Å². The SMILES string of the molecule is CCOc1ccc(CCNCC2CCNC2)cc1F. The molecule has 0 aromatic heterocycles. The fourth-order valence-electron chi connectivity index (χ4n) is 2.40. The Morgan fingerprint density at radius 3 is 3.05 bits per heavy atom. The molecule has 1 saturated heterocycles. The summed E-state index contributed by atoms with van der Waals surface area (Å²) in [5.74, 6) is 0.827. The van der Waals surface area contributed by atoms with Gasteiger partial charge in [-0.1, -0.05) is 6.07 Å². The minimum atomic E-state index is -0.264. The van der Waals surface area contributed by atoms with Crippen molar-refractivity contribution in [3.63, 3.8) is 0 Å². The van der Waals surface area contributed by atoms with E-state index in [1.807, 2.05) is 13.0 Å². The second-order valence-corrected chi connectivity index (χ2v) is 5.01. The monoisotopic (exact) mass is 266 g/mol. The van der Waals surface area contributed by atoms with Crippen molar-refractivity contribution in [2.24, 2.45) is 5.92 Å². The van der Waals surface area contributed by atoms with E-state index in [1.54, 1.807) is 12.1 Å². The number of nitrogens with one attached hydrogen (secondary N) is 2. The predicted molar refractivity (Wildman–Crippen MR) is 75.1 cm³/mol. The number of halogens is 1. The summed E-state index contributed by atoms with van der Waals surface area (Å²) in [7, 11) is 0. The molecule has 1 atom stereocenters. The molecule has 1 heterocycles. The van der Waals surface area contributed by atoms with Gasteiger partial charge in [-0.05, 0) is 69.6 Å². The average molecular weight is 266 g/mol. The largest absolute Gasteiger partial charge is 0.491 e. The Kier molecular flexibility index (Phi) is 5.61. The smallest absolute Gasteiger partial charge is 0.165 e. The Morgan fingerprint density at radius 2 is 2.37 bits per heavy atom. The van der Waals surface area contributed by atoms with Crippen molar-refractivity contribution in [2.45, 2.75) is 19.8 Å². The zero-order valence-corrected chi connectivity index (χ0v) is 11.5. The predicted octanol–water partition coefficient (Wildman–Crippen LogP) is 1.97. The highest BCUT2D eigenvalue weighted by Gasteiger charge is 2.13. The summed E-state index contributed by atoms with van der Waals surface area (Å²) < 4.78 is 18.8. The fraction of sp³-hybridized carbons (Fsp3) is 0.600. The van der Waals surface area contributed by atoms with Crippen LogP contribution in [0.25, 0.3) is 0 Å². The van der Waals surface area contributed by atoms with Crippen LogP contribution < -0.4 is 15.4 Å². The molecule has 4 heteroatoms. The minimum absolute atomic E-state index is 0.264. The maximum Gasteiger partial charge on any atom is 0.165 e. The van der Waals surface area contributed by atoms with Crippen molar-refractivity contribution in [1.29, 1.82) is 0 Å². The maximum absolute atomic E-state index is 13.6. The molecule has 1 unspecified atom stereocenters. The molecule has 1 aromatic rings. The standard InChI is InChI=1S/C15H23FN2O/c1-2-19-15-4-3-12(9-14(15)16)5-7-17-10-13-6-8-18-11-13/h3-4,9,13,17-18H,2,5-8,10-11H2,1H3. The van der Waals surface area contributed by atoms with Gasteiger partial charge >= 0.3 is 0 Å². The zero-order valence-electron chi connectivity index (χ0n) is 11.5. The van der Waals surface area contributed by atoms with E-state index < -0.39 is 0 Å². The van der Waals surface area contributed by atoms with Gasteiger partial charge in [-0.15, -0.1) is 0 Å². The van der Waals surface area contributed by atoms with Crippen molar-refractivity contribution < 1.29 is 9.13 Å². The first-order valence-electron chi connectivity index (χ1n) is 7.12. The van der Waals surface area contributed by atoms with Gasteiger partial charge < -0.3 is 15.4 Å². The molecule has 0 amide bonds. The summed E-state index contributed by atoms with van der Waals surface area (Å²) in [4.78, 5) is 0. The normalized spacial score (nSPS) is 18.7. The first-order chi connectivity index (χ1) is 9.29. The molecule has 2 rings (SSSR count). The van der Waals surface area contributed by atoms with Crippen LogP contribution in [-0.4, -0.2) is 32.8 Å². The third kappa shape index (κ3) is 4.48. The molecule has 106 valence electrons. The first-order valence-corrected chi connectivity index (χ1v) is 7.12. The van der Waals surface area contributed by atoms with Crippen molar-refractivity contribution in [1.82, 2.24) is 10.6 Å². The number of benzene rings is 1. The van der Waals surface area contributed by atoms with Crippen LogP contribution in [0.5, 0.6) is 5.75 Å². The molecular weight excluding hydrogens is 243 g/mol. The Hall–Kier alpha value is -1.13. The molecule has 1 aromatic carbocycles. The van der Waals surface area contributed by atoms with Crippen LogP contribution in [-0.2, 0) is 6.42 Å². The Bertz CT molecular complexity index is 392. The van der Waals surface area contributed by atoms with E-state index in [0.717, 1.165) is 44.1 Å². The summed E-state index contributed by atoms with van der Waals surface area (Å²) >= 11 is 0. The fourth-order valence-corrected chi connectivity index (χ4v) is 2.40. The lowest BCUT2D eigenvalue weighted by atomic mass is 10.1. The third-order valence-corrected chi connectivity index (χ3v) is 3.48. The molecule has 1 aliphatic rings. The Balaban J connectivity index is 1.71. The quantitative estimate of drug-likeness (QED) is 0.740. The summed E-state index contributed by atoms with van der Waals surface area (Å²) in [6.07, 6.45) is 2.11. The minimum Gasteiger partial charge on any atom is -0.491 e. The summed E-state index contributed by atoms with van der Waals surface area (Å²) in [5, 5.41) is 6.79. The number of hydrogen-bond donors (Lipinski definition) is 2. The summed E-state index contributed by atoms with van der Waals surface area (Å²) in [6.45, 7) is 6.54. The Morgan fingerprint density at radius 1 is 1.47 bits per heavy atom. The second-order valence-electron chi connectivity index (χ2n) is 5.01. The van der Waals surface area contributed by atoms with Gasteiger partial charge in [0.25, 0.3) is 0 Å². The van der Waals surface area contributed by atoms with E-state index in [4.69, 9.17) is 4.74 Å². The van der Waals surface area contributed by atoms with Crippen LogP contribution in [0.1, 0.15) is 18.9 Å². The molecule has 0 saturated carbocycles. The Labute approximate surface area is 114 Å². The van der Waals surface area contributed by atoms with Crippen molar-refractivity contribution in [2.75, 3.05) is 32.8 Å². The molecular formula is C15H23FN2O. The van der Waals surface area contributed by atoms with Crippen LogP contribution in [0.3, 0.4) is 0 Å². The molecule has 1 fully saturated rings. The summed E-state index contributed by atoms with van der Waals surface area (Å²) in [5.41, 5.74) is 1.01. The van der Waals surface area contributed by atoms with Gasteiger partial charge in [-0.3, -0.25) is 0 Å². The van der Waals surface area contributed by atoms with Crippen LogP contribution in [0.4, 0.5) is 4.39 Å². The molecule has 0 bridgehead atoms. The van der Waals surface area contributed by atoms with Crippen LogP contribution in [0, 0.1) is 11.7 Å². The van der Waals surface area contributed by atoms with E-state index in [0.29, 0.717) is 12.4 Å². The number of hydrogen-bond acceptors (Lipinski definition) is 3. The van der Waals surface area contributed by atoms with Crippen molar-refractivity contribution >= 4 is 0 Å². The molecule has 0 spiro atoms. The zero-order chi connectivity index (χ0) is 13.5. The highest BCUT2D eigenvalue weighted by Crippen LogP contribution is 2.18. The van der Waals surface area contributed by atoms with E-state index in [2.05, 4.69) is 10.6 Å². The van der Waals surface area contributed by atoms with Crippen molar-refractivity contribution in [3.05, 3.63) is 29.6 Å². The van der Waals surface area contributed by atoms with Gasteiger partial charge in [0.2, 0.25) is 0 Å². The molecule has 2 N–H and O–H groups in total. The highest BCUT2D eigenvalue weighted by atomic mass is 19.1. The van der Waals surface area contributed by atoms with Gasteiger partial charge in [0.05, 0.1) is 6.61 Å². The van der Waals surface area contributed by atoms with Gasteiger partial charge in [0.1, 0.15) is 0 Å². The number of ether oxygens (including phenoxy) is 1. The van der Waals surface area contributed by atoms with Crippen LogP contribution in [0.2, 0.25) is 0 Å². The highest BCUT2D eigenvalue weighted by molar-refractivity contribution is 5.29. The third-order valence-electron chi connectivity index (χ3n) is 3.48. The van der Waals surface area contributed by atoms with Crippen LogP contribution >= 0.6 is 0 Å². The molecule has 3 nitrogen and oxygen atoms in total. The van der Waals surface area contributed by atoms with E-state index >= 15 is 0 Å². The second kappa shape index (κ2) is 7.46. The van der Waals surface area contributed by atoms with Crippen LogP contribution in [0.15, 0.2) is 18.2 Å². The lowest BCUT2D eigenvalue weighted by molar-refractivity contribution is 0.321. The maximum atomic E-state index is 13.6. The van der Waals surface area contributed by atoms with Gasteiger partial charge in [0.15, 0.2) is 11.6 Å². The molecule has 19 heavy (non-hydrogen) atoms. The van der Waals surface area contributed by atoms with E-state index in [-0.39, 0.29) is 5.82 Å². The molecule has 0 radical (unpaired) electrons. The van der Waals surface area contributed by atoms with E-state index in [1.165, 1.54) is 6.42 Å². The molecule has 0 aliphatic carbocycles. The first kappa shape index (κ1) is 14.3. The lowest BCUT2D eigenvalue weighted by Gasteiger charge is -2.10. The van der Waals surface area contributed by atoms with Gasteiger partial charge in [0, 0.05) is 0 Å². The molecule has 1 aliphatic heterocycles. The van der Waals surface area contributed by atoms with Gasteiger partial charge in [-0.25, -0.2) is 4.39 Å². The van der Waals surface area contributed by atoms with Gasteiger partial charge in [-0.2, -0.15) is 0 Å². The lowest BCUT2D eigenvalue weighted by Crippen LogP contribution is -2.26. The average Bonchev–Trinajstić information content (AvgIpc) is 2.91. The van der Waals surface area contributed by atoms with Crippen molar-refractivity contribution in [3.8, 4) is 5.75 Å². The number of rotatable bonds is 7. The summed E-state index contributed by atoms with van der Waals surface area (Å²) in [6, 6.07) is 5.23. The topological polar surface area (TPSA) is 33.3 Å².